The van der Waals surface area contributed by atoms with Crippen LogP contribution in [0.1, 0.15) is 16.7 Å². The van der Waals surface area contributed by atoms with Crippen molar-refractivity contribution in [3.8, 4) is 0 Å². The summed E-state index contributed by atoms with van der Waals surface area (Å²) in [6.45, 7) is 0. The van der Waals surface area contributed by atoms with E-state index < -0.39 is 5.54 Å². The maximum Gasteiger partial charge on any atom is 0.325 e. The zero-order chi connectivity index (χ0) is 20.4. The van der Waals surface area contributed by atoms with Crippen molar-refractivity contribution in [2.75, 3.05) is 5.32 Å². The Morgan fingerprint density at radius 1 is 0.667 bits per heavy atom. The molecule has 0 spiro atoms. The lowest BCUT2D eigenvalue weighted by atomic mass is 9.77. The van der Waals surface area contributed by atoms with E-state index in [0.717, 1.165) is 16.7 Å². The molecule has 146 valence electrons. The van der Waals surface area contributed by atoms with Gasteiger partial charge < -0.3 is 10.3 Å². The lowest BCUT2D eigenvalue weighted by Crippen LogP contribution is -2.38. The molecule has 6 heteroatoms. The van der Waals surface area contributed by atoms with Gasteiger partial charge in [0.2, 0.25) is 0 Å². The summed E-state index contributed by atoms with van der Waals surface area (Å²) in [6, 6.07) is 30.6. The minimum Gasteiger partial charge on any atom is -0.351 e. The fourth-order valence-electron chi connectivity index (χ4n) is 3.90. The molecule has 3 N–H and O–H groups in total. The predicted octanol–water partition coefficient (Wildman–Crippen LogP) is 4.05. The van der Waals surface area contributed by atoms with E-state index in [1.807, 2.05) is 54.6 Å². The van der Waals surface area contributed by atoms with Crippen molar-refractivity contribution in [2.45, 2.75) is 5.54 Å². The molecule has 0 aliphatic heterocycles. The van der Waals surface area contributed by atoms with Crippen molar-refractivity contribution in [3.05, 3.63) is 124 Å². The van der Waals surface area contributed by atoms with E-state index in [-0.39, 0.29) is 5.69 Å². The summed E-state index contributed by atoms with van der Waals surface area (Å²) in [4.78, 5) is 26.1. The van der Waals surface area contributed by atoms with Gasteiger partial charge in [0.05, 0.1) is 0 Å². The van der Waals surface area contributed by atoms with Crippen molar-refractivity contribution in [3.63, 3.8) is 0 Å². The van der Waals surface area contributed by atoms with Crippen LogP contribution >= 0.6 is 0 Å². The quantitative estimate of drug-likeness (QED) is 0.393. The Labute approximate surface area is 172 Å². The largest absolute Gasteiger partial charge is 0.351 e. The van der Waals surface area contributed by atoms with Crippen molar-refractivity contribution >= 4 is 17.0 Å². The molecule has 0 unspecified atom stereocenters. The summed E-state index contributed by atoms with van der Waals surface area (Å²) >= 11 is 0. The normalized spacial score (nSPS) is 11.5. The molecule has 0 bridgehead atoms. The van der Waals surface area contributed by atoms with E-state index in [4.69, 9.17) is 0 Å². The van der Waals surface area contributed by atoms with E-state index in [1.54, 1.807) is 0 Å². The van der Waals surface area contributed by atoms with Crippen LogP contribution in [0.25, 0.3) is 11.2 Å². The third-order valence-electron chi connectivity index (χ3n) is 5.24. The maximum absolute atomic E-state index is 11.9. The van der Waals surface area contributed by atoms with Crippen LogP contribution in [0, 0.1) is 0 Å². The second-order valence-corrected chi connectivity index (χ2v) is 7.00. The summed E-state index contributed by atoms with van der Waals surface area (Å²) in [5.74, 6) is 0.537. The number of nitrogens with zero attached hydrogens (tertiary/aromatic N) is 2. The SMILES string of the molecule is O=c1[nH]c2ncnc(NC(c3ccccc3)(c3ccccc3)c3ccccc3)c2[nH]1. The van der Waals surface area contributed by atoms with Gasteiger partial charge in [0.1, 0.15) is 17.4 Å². The van der Waals surface area contributed by atoms with Gasteiger partial charge in [0.25, 0.3) is 0 Å². The Bertz CT molecular complexity index is 1230. The molecule has 30 heavy (non-hydrogen) atoms. The highest BCUT2D eigenvalue weighted by molar-refractivity contribution is 5.83. The van der Waals surface area contributed by atoms with Gasteiger partial charge >= 0.3 is 5.69 Å². The monoisotopic (exact) mass is 393 g/mol. The lowest BCUT2D eigenvalue weighted by molar-refractivity contribution is 0.707. The average molecular weight is 393 g/mol. The number of hydrogen-bond acceptors (Lipinski definition) is 4. The van der Waals surface area contributed by atoms with Crippen molar-refractivity contribution in [1.82, 2.24) is 19.9 Å². The Balaban J connectivity index is 1.83. The molecule has 0 aliphatic carbocycles. The van der Waals surface area contributed by atoms with Crippen LogP contribution in [0.5, 0.6) is 0 Å². The van der Waals surface area contributed by atoms with Crippen molar-refractivity contribution in [2.24, 2.45) is 0 Å². The minimum absolute atomic E-state index is 0.321. The number of benzene rings is 3. The Morgan fingerprint density at radius 3 is 1.67 bits per heavy atom. The van der Waals surface area contributed by atoms with Gasteiger partial charge in [-0.3, -0.25) is 4.98 Å². The number of rotatable bonds is 5. The molecule has 0 saturated heterocycles. The van der Waals surface area contributed by atoms with E-state index >= 15 is 0 Å². The van der Waals surface area contributed by atoms with Crippen molar-refractivity contribution < 1.29 is 0 Å². The Kier molecular flexibility index (Phi) is 4.37. The smallest absolute Gasteiger partial charge is 0.325 e. The van der Waals surface area contributed by atoms with Crippen LogP contribution in [0.4, 0.5) is 5.82 Å². The average Bonchev–Trinajstić information content (AvgIpc) is 3.20. The standard InChI is InChI=1S/C24H19N5O/c30-23-27-20-21(28-23)25-16-26-22(20)29-24(17-10-4-1-5-11-17,18-12-6-2-7-13-18)19-14-8-3-9-15-19/h1-16H,(H3,25,26,27,28,29,30). The predicted molar refractivity (Wildman–Crippen MR) is 117 cm³/mol. The topological polar surface area (TPSA) is 86.5 Å². The second-order valence-electron chi connectivity index (χ2n) is 7.00. The van der Waals surface area contributed by atoms with E-state index in [0.29, 0.717) is 17.0 Å². The van der Waals surface area contributed by atoms with Crippen molar-refractivity contribution in [1.29, 1.82) is 0 Å². The first-order valence-electron chi connectivity index (χ1n) is 9.65. The van der Waals surface area contributed by atoms with E-state index in [9.17, 15) is 4.79 Å². The van der Waals surface area contributed by atoms with Gasteiger partial charge in [0, 0.05) is 0 Å². The van der Waals surface area contributed by atoms with Gasteiger partial charge in [-0.15, -0.1) is 0 Å². The first kappa shape index (κ1) is 17.9. The summed E-state index contributed by atoms with van der Waals surface area (Å²) in [5, 5.41) is 3.66. The lowest BCUT2D eigenvalue weighted by Gasteiger charge is -2.37. The summed E-state index contributed by atoms with van der Waals surface area (Å²) in [5.41, 5.74) is 3.08. The highest BCUT2D eigenvalue weighted by Crippen LogP contribution is 2.40. The molecular weight excluding hydrogens is 374 g/mol. The third kappa shape index (κ3) is 2.95. The molecule has 5 aromatic rings. The molecule has 0 fully saturated rings. The minimum atomic E-state index is -0.737. The van der Waals surface area contributed by atoms with Crippen LogP contribution in [-0.2, 0) is 5.54 Å². The van der Waals surface area contributed by atoms with Crippen LogP contribution in [-0.4, -0.2) is 19.9 Å². The second kappa shape index (κ2) is 7.33. The molecular formula is C24H19N5O. The van der Waals surface area contributed by atoms with Gasteiger partial charge in [-0.1, -0.05) is 91.0 Å². The maximum atomic E-state index is 11.9. The molecule has 3 aromatic carbocycles. The molecule has 2 heterocycles. The highest BCUT2D eigenvalue weighted by Gasteiger charge is 2.37. The Morgan fingerprint density at radius 2 is 1.17 bits per heavy atom. The number of anilines is 1. The summed E-state index contributed by atoms with van der Waals surface area (Å²) in [6.07, 6.45) is 1.44. The number of aromatic amines is 2. The molecule has 6 nitrogen and oxygen atoms in total. The van der Waals surface area contributed by atoms with Gasteiger partial charge in [-0.2, -0.15) is 0 Å². The van der Waals surface area contributed by atoms with Gasteiger partial charge in [-0.05, 0) is 16.7 Å². The molecule has 0 saturated carbocycles. The van der Waals surface area contributed by atoms with Crippen LogP contribution in [0.2, 0.25) is 0 Å². The van der Waals surface area contributed by atoms with Crippen LogP contribution < -0.4 is 11.0 Å². The fraction of sp³-hybridized carbons (Fsp3) is 0.0417. The first-order chi connectivity index (χ1) is 14.8. The molecule has 0 atom stereocenters. The van der Waals surface area contributed by atoms with Crippen LogP contribution in [0.3, 0.4) is 0 Å². The summed E-state index contributed by atoms with van der Waals surface area (Å²) in [7, 11) is 0. The van der Waals surface area contributed by atoms with E-state index in [1.165, 1.54) is 6.33 Å². The number of hydrogen-bond donors (Lipinski definition) is 3. The highest BCUT2D eigenvalue weighted by atomic mass is 16.1. The van der Waals surface area contributed by atoms with Gasteiger partial charge in [-0.25, -0.2) is 14.8 Å². The number of imidazole rings is 1. The summed E-state index contributed by atoms with van der Waals surface area (Å²) < 4.78 is 0. The molecule has 0 radical (unpaired) electrons. The number of H-pyrrole nitrogens is 2. The Hall–Kier alpha value is -4.19. The van der Waals surface area contributed by atoms with Crippen LogP contribution in [0.15, 0.2) is 102 Å². The third-order valence-corrected chi connectivity index (χ3v) is 5.24. The van der Waals surface area contributed by atoms with Gasteiger partial charge in [0.15, 0.2) is 11.5 Å². The zero-order valence-electron chi connectivity index (χ0n) is 16.0. The number of aromatic nitrogens is 4. The molecule has 5 rings (SSSR count). The molecule has 2 aromatic heterocycles. The fourth-order valence-corrected chi connectivity index (χ4v) is 3.90. The number of nitrogens with one attached hydrogen (secondary N) is 3. The molecule has 0 aliphatic rings. The number of fused-ring (bicyclic) bond motifs is 1. The molecule has 0 amide bonds. The first-order valence-corrected chi connectivity index (χ1v) is 9.65. The zero-order valence-corrected chi connectivity index (χ0v) is 16.0. The van der Waals surface area contributed by atoms with E-state index in [2.05, 4.69) is 61.7 Å².